The van der Waals surface area contributed by atoms with Crippen LogP contribution in [-0.2, 0) is 14.4 Å². The molecule has 0 aromatic heterocycles. The molecule has 1 fully saturated rings. The number of nitrogens with zero attached hydrogens (tertiary/aromatic N) is 2. The van der Waals surface area contributed by atoms with Gasteiger partial charge in [0.15, 0.2) is 0 Å². The maximum absolute atomic E-state index is 12.7. The largest absolute Gasteiger partial charge is 0.345 e. The number of amides is 3. The van der Waals surface area contributed by atoms with Gasteiger partial charge in [0.2, 0.25) is 17.7 Å². The highest BCUT2D eigenvalue weighted by Crippen LogP contribution is 2.17. The van der Waals surface area contributed by atoms with Gasteiger partial charge in [-0.05, 0) is 30.6 Å². The van der Waals surface area contributed by atoms with Crippen molar-refractivity contribution in [3.05, 3.63) is 30.3 Å². The van der Waals surface area contributed by atoms with Crippen LogP contribution < -0.4 is 10.2 Å². The van der Waals surface area contributed by atoms with Gasteiger partial charge in [-0.1, -0.05) is 18.2 Å². The van der Waals surface area contributed by atoms with Crippen LogP contribution in [0.5, 0.6) is 0 Å². The minimum atomic E-state index is -0.564. The number of anilines is 1. The van der Waals surface area contributed by atoms with Gasteiger partial charge in [-0.3, -0.25) is 14.4 Å². The Morgan fingerprint density at radius 3 is 2.54 bits per heavy atom. The van der Waals surface area contributed by atoms with Gasteiger partial charge in [0, 0.05) is 25.7 Å². The van der Waals surface area contributed by atoms with Gasteiger partial charge in [-0.15, -0.1) is 0 Å². The third-order valence-corrected chi connectivity index (χ3v) is 4.53. The van der Waals surface area contributed by atoms with E-state index in [0.717, 1.165) is 11.4 Å². The van der Waals surface area contributed by atoms with Crippen molar-refractivity contribution in [2.45, 2.75) is 19.4 Å². The molecule has 1 saturated heterocycles. The Kier molecular flexibility index (Phi) is 6.66. The summed E-state index contributed by atoms with van der Waals surface area (Å²) >= 11 is 1.62. The zero-order valence-corrected chi connectivity index (χ0v) is 14.8. The van der Waals surface area contributed by atoms with E-state index in [0.29, 0.717) is 19.5 Å². The average Bonchev–Trinajstić information content (AvgIpc) is 2.58. The fourth-order valence-corrected chi connectivity index (χ4v) is 3.17. The van der Waals surface area contributed by atoms with Crippen LogP contribution in [0.15, 0.2) is 30.3 Å². The van der Waals surface area contributed by atoms with E-state index in [4.69, 9.17) is 0 Å². The number of para-hydroxylation sites is 1. The Balaban J connectivity index is 2.01. The highest BCUT2D eigenvalue weighted by Gasteiger charge is 2.31. The molecule has 2 rings (SSSR count). The topological polar surface area (TPSA) is 69.7 Å². The lowest BCUT2D eigenvalue weighted by Gasteiger charge is -2.36. The van der Waals surface area contributed by atoms with Crippen molar-refractivity contribution in [3.63, 3.8) is 0 Å². The molecule has 0 aliphatic carbocycles. The summed E-state index contributed by atoms with van der Waals surface area (Å²) < 4.78 is 0. The van der Waals surface area contributed by atoms with E-state index in [1.54, 1.807) is 21.6 Å². The zero-order valence-electron chi connectivity index (χ0n) is 14.0. The smallest absolute Gasteiger partial charge is 0.246 e. The van der Waals surface area contributed by atoms with E-state index in [9.17, 15) is 14.4 Å². The number of piperazine rings is 1. The van der Waals surface area contributed by atoms with E-state index >= 15 is 0 Å². The third kappa shape index (κ3) is 4.74. The Hall–Kier alpha value is -2.02. The van der Waals surface area contributed by atoms with Gasteiger partial charge in [0.25, 0.3) is 0 Å². The van der Waals surface area contributed by atoms with Gasteiger partial charge in [-0.2, -0.15) is 11.8 Å². The van der Waals surface area contributed by atoms with Crippen LogP contribution in [0.25, 0.3) is 0 Å². The van der Waals surface area contributed by atoms with Gasteiger partial charge in [0.05, 0.1) is 0 Å². The van der Waals surface area contributed by atoms with Crippen molar-refractivity contribution < 1.29 is 14.4 Å². The molecule has 6 nitrogen and oxygen atoms in total. The molecule has 24 heavy (non-hydrogen) atoms. The molecular formula is C17H23N3O3S. The SMILES string of the molecule is CSCC[C@H](NC(C)=O)C(=O)N1CCN(c2ccccc2)C(=O)C1. The van der Waals surface area contributed by atoms with Crippen LogP contribution >= 0.6 is 11.8 Å². The number of benzene rings is 1. The van der Waals surface area contributed by atoms with Crippen LogP contribution in [0.3, 0.4) is 0 Å². The molecule has 130 valence electrons. The molecule has 1 aliphatic rings. The number of thioether (sulfide) groups is 1. The normalized spacial score (nSPS) is 16.0. The summed E-state index contributed by atoms with van der Waals surface area (Å²) in [6, 6.07) is 8.87. The number of hydrogen-bond acceptors (Lipinski definition) is 4. The third-order valence-electron chi connectivity index (χ3n) is 3.89. The molecule has 3 amide bonds. The molecule has 1 N–H and O–H groups in total. The molecule has 7 heteroatoms. The first kappa shape index (κ1) is 18.3. The maximum atomic E-state index is 12.7. The second kappa shape index (κ2) is 8.73. The minimum absolute atomic E-state index is 0.0447. The second-order valence-electron chi connectivity index (χ2n) is 5.68. The van der Waals surface area contributed by atoms with E-state index in [1.165, 1.54) is 6.92 Å². The molecule has 1 atom stereocenters. The maximum Gasteiger partial charge on any atom is 0.246 e. The lowest BCUT2D eigenvalue weighted by atomic mass is 10.1. The van der Waals surface area contributed by atoms with Gasteiger partial charge in [0.1, 0.15) is 12.6 Å². The first-order valence-electron chi connectivity index (χ1n) is 7.93. The van der Waals surface area contributed by atoms with E-state index in [2.05, 4.69) is 5.32 Å². The van der Waals surface area contributed by atoms with Crippen LogP contribution in [0.1, 0.15) is 13.3 Å². The number of nitrogens with one attached hydrogen (secondary N) is 1. The van der Waals surface area contributed by atoms with Gasteiger partial charge < -0.3 is 15.1 Å². The Morgan fingerprint density at radius 2 is 1.96 bits per heavy atom. The summed E-state index contributed by atoms with van der Waals surface area (Å²) in [6.07, 6.45) is 2.52. The Bertz CT molecular complexity index is 594. The molecule has 1 aromatic rings. The molecule has 1 aromatic carbocycles. The van der Waals surface area contributed by atoms with Crippen molar-refractivity contribution in [2.24, 2.45) is 0 Å². The first-order valence-corrected chi connectivity index (χ1v) is 9.32. The molecule has 0 bridgehead atoms. The van der Waals surface area contributed by atoms with Crippen LogP contribution in [0.2, 0.25) is 0 Å². The fraction of sp³-hybridized carbons (Fsp3) is 0.471. The predicted octanol–water partition coefficient (Wildman–Crippen LogP) is 1.12. The highest BCUT2D eigenvalue weighted by atomic mass is 32.2. The van der Waals surface area contributed by atoms with Crippen molar-refractivity contribution in [1.82, 2.24) is 10.2 Å². The van der Waals surface area contributed by atoms with Gasteiger partial charge >= 0.3 is 0 Å². The quantitative estimate of drug-likeness (QED) is 0.836. The molecule has 0 spiro atoms. The number of carbonyl (C=O) groups excluding carboxylic acids is 3. The summed E-state index contributed by atoms with van der Waals surface area (Å²) in [6.45, 7) is 2.37. The molecular weight excluding hydrogens is 326 g/mol. The summed E-state index contributed by atoms with van der Waals surface area (Å²) in [5.74, 6) is 0.255. The predicted molar refractivity (Wildman–Crippen MR) is 96.0 cm³/mol. The van der Waals surface area contributed by atoms with Crippen LogP contribution in [0.4, 0.5) is 5.69 Å². The first-order chi connectivity index (χ1) is 11.5. The lowest BCUT2D eigenvalue weighted by Crippen LogP contribution is -2.57. The number of carbonyl (C=O) groups is 3. The molecule has 1 aliphatic heterocycles. The average molecular weight is 349 g/mol. The van der Waals surface area contributed by atoms with Crippen molar-refractivity contribution >= 4 is 35.2 Å². The summed E-state index contributed by atoms with van der Waals surface area (Å²) in [7, 11) is 0. The van der Waals surface area contributed by atoms with Crippen LogP contribution in [-0.4, -0.2) is 60.3 Å². The fourth-order valence-electron chi connectivity index (χ4n) is 2.70. The van der Waals surface area contributed by atoms with Crippen molar-refractivity contribution in [3.8, 4) is 0 Å². The highest BCUT2D eigenvalue weighted by molar-refractivity contribution is 7.98. The standard InChI is InChI=1S/C17H23N3O3S/c1-13(21)18-15(8-11-24-2)17(23)19-9-10-20(16(22)12-19)14-6-4-3-5-7-14/h3-7,15H,8-12H2,1-2H3,(H,18,21)/t15-/m0/s1. The summed E-state index contributed by atoms with van der Waals surface area (Å²) in [4.78, 5) is 39.6. The second-order valence-corrected chi connectivity index (χ2v) is 6.66. The minimum Gasteiger partial charge on any atom is -0.345 e. The number of hydrogen-bond donors (Lipinski definition) is 1. The summed E-state index contributed by atoms with van der Waals surface area (Å²) in [5.41, 5.74) is 0.843. The molecule has 1 heterocycles. The number of rotatable bonds is 6. The van der Waals surface area contributed by atoms with Crippen molar-refractivity contribution in [1.29, 1.82) is 0 Å². The van der Waals surface area contributed by atoms with Crippen molar-refractivity contribution in [2.75, 3.05) is 36.5 Å². The summed E-state index contributed by atoms with van der Waals surface area (Å²) in [5, 5.41) is 2.70. The molecule has 0 saturated carbocycles. The van der Waals surface area contributed by atoms with Gasteiger partial charge in [-0.25, -0.2) is 0 Å². The molecule has 0 radical (unpaired) electrons. The zero-order chi connectivity index (χ0) is 17.5. The molecule has 0 unspecified atom stereocenters. The van der Waals surface area contributed by atoms with E-state index in [1.807, 2.05) is 36.6 Å². The Morgan fingerprint density at radius 1 is 1.25 bits per heavy atom. The van der Waals surface area contributed by atoms with E-state index in [-0.39, 0.29) is 24.3 Å². The lowest BCUT2D eigenvalue weighted by molar-refractivity contribution is -0.140. The van der Waals surface area contributed by atoms with E-state index < -0.39 is 6.04 Å². The Labute approximate surface area is 146 Å². The monoisotopic (exact) mass is 349 g/mol. The van der Waals surface area contributed by atoms with Crippen LogP contribution in [0, 0.1) is 0 Å².